The first-order chi connectivity index (χ1) is 22.8. The highest BCUT2D eigenvalue weighted by atomic mass is 35.6. The molecule has 2 atom stereocenters. The number of hydrogen-bond acceptors (Lipinski definition) is 8. The number of fused-ring (bicyclic) bond motifs is 2. The molecule has 0 N–H and O–H groups in total. The first kappa shape index (κ1) is 34.8. The van der Waals surface area contributed by atoms with E-state index < -0.39 is 40.1 Å². The molecule has 0 bridgehead atoms. The molecule has 0 unspecified atom stereocenters. The van der Waals surface area contributed by atoms with Crippen LogP contribution >= 0.6 is 34.8 Å². The monoisotopic (exact) mass is 708 g/mol. The van der Waals surface area contributed by atoms with Crippen LogP contribution in [-0.2, 0) is 14.3 Å². The molecule has 0 aliphatic heterocycles. The van der Waals surface area contributed by atoms with Crippen LogP contribution in [0.4, 0.5) is 0 Å². The van der Waals surface area contributed by atoms with Crippen molar-refractivity contribution in [2.24, 2.45) is 0 Å². The van der Waals surface area contributed by atoms with Crippen molar-refractivity contribution >= 4 is 74.3 Å². The van der Waals surface area contributed by atoms with Gasteiger partial charge < -0.3 is 23.7 Å². The Hall–Kier alpha value is -4.50. The van der Waals surface area contributed by atoms with E-state index in [0.29, 0.717) is 11.1 Å². The highest BCUT2D eigenvalue weighted by Crippen LogP contribution is 2.32. The third-order valence-electron chi connectivity index (χ3n) is 7.77. The molecule has 0 spiro atoms. The summed E-state index contributed by atoms with van der Waals surface area (Å²) in [6.07, 6.45) is 0. The van der Waals surface area contributed by atoms with Crippen LogP contribution in [0.15, 0.2) is 91.0 Å². The Balaban J connectivity index is 1.38. The van der Waals surface area contributed by atoms with E-state index in [0.717, 1.165) is 33.0 Å². The van der Waals surface area contributed by atoms with Crippen molar-refractivity contribution in [3.8, 4) is 23.0 Å². The van der Waals surface area contributed by atoms with Gasteiger partial charge in [-0.3, -0.25) is 9.59 Å². The molecule has 0 amide bonds. The summed E-state index contributed by atoms with van der Waals surface area (Å²) in [5.41, 5.74) is 1.34. The van der Waals surface area contributed by atoms with Crippen LogP contribution in [0.5, 0.6) is 23.0 Å². The second-order valence-corrected chi connectivity index (χ2v) is 13.6. The van der Waals surface area contributed by atoms with Gasteiger partial charge in [-0.05, 0) is 82.9 Å². The minimum atomic E-state index is -1.85. The third kappa shape index (κ3) is 8.50. The number of rotatable bonds is 10. The van der Waals surface area contributed by atoms with Crippen molar-refractivity contribution in [1.29, 1.82) is 0 Å². The molecule has 0 radical (unpaired) electrons. The van der Waals surface area contributed by atoms with E-state index in [1.807, 2.05) is 72.8 Å². The number of methoxy groups -OCH3 is 2. The van der Waals surface area contributed by atoms with Gasteiger partial charge in [0.05, 0.1) is 31.6 Å². The average Bonchev–Trinajstić information content (AvgIpc) is 3.08. The molecule has 5 aromatic carbocycles. The number of benzene rings is 5. The number of ether oxygens (including phenoxy) is 5. The van der Waals surface area contributed by atoms with E-state index >= 15 is 0 Å². The molecule has 0 heterocycles. The molecule has 0 aliphatic rings. The van der Waals surface area contributed by atoms with Crippen molar-refractivity contribution in [3.05, 3.63) is 108 Å². The van der Waals surface area contributed by atoms with Gasteiger partial charge in [-0.25, -0.2) is 4.79 Å². The highest BCUT2D eigenvalue weighted by Gasteiger charge is 2.25. The molecule has 0 aliphatic carbocycles. The standard InChI is InChI=1S/C37H31Cl3O8/c1-21(23-5-7-27-15-30(44-3)11-9-25(27)13-23)34(41)47-32-17-29(36(43)46-20-37(38,39)40)18-33(19-32)48-35(42)22(2)24-6-8-28-16-31(45-4)12-10-26(28)14-24/h5-19,21-22H,20H2,1-4H3/t21-,22-/m0/s1. The fourth-order valence-electron chi connectivity index (χ4n) is 5.00. The van der Waals surface area contributed by atoms with Crippen molar-refractivity contribution in [2.75, 3.05) is 20.8 Å². The number of hydrogen-bond donors (Lipinski definition) is 0. The highest BCUT2D eigenvalue weighted by molar-refractivity contribution is 6.67. The van der Waals surface area contributed by atoms with Gasteiger partial charge in [0.1, 0.15) is 29.6 Å². The Morgan fingerprint density at radius 3 is 1.42 bits per heavy atom. The van der Waals surface area contributed by atoms with E-state index in [4.69, 9.17) is 58.5 Å². The molecule has 0 aromatic heterocycles. The van der Waals surface area contributed by atoms with Gasteiger partial charge in [0.25, 0.3) is 0 Å². The summed E-state index contributed by atoms with van der Waals surface area (Å²) in [4.78, 5) is 39.6. The van der Waals surface area contributed by atoms with Crippen LogP contribution in [0, 0.1) is 0 Å². The Morgan fingerprint density at radius 2 is 1.00 bits per heavy atom. The predicted molar refractivity (Wildman–Crippen MR) is 186 cm³/mol. The summed E-state index contributed by atoms with van der Waals surface area (Å²) in [5.74, 6) is -2.11. The summed E-state index contributed by atoms with van der Waals surface area (Å²) in [5, 5.41) is 3.73. The molecule has 0 saturated heterocycles. The summed E-state index contributed by atoms with van der Waals surface area (Å²) in [7, 11) is 3.19. The Labute approximate surface area is 292 Å². The molecule has 0 saturated carbocycles. The fraction of sp³-hybridized carbons (Fsp3) is 0.216. The minimum Gasteiger partial charge on any atom is -0.497 e. The lowest BCUT2D eigenvalue weighted by molar-refractivity contribution is -0.136. The van der Waals surface area contributed by atoms with E-state index in [2.05, 4.69) is 0 Å². The summed E-state index contributed by atoms with van der Waals surface area (Å²) in [6.45, 7) is 2.87. The van der Waals surface area contributed by atoms with Gasteiger partial charge >= 0.3 is 17.9 Å². The molecule has 5 aromatic rings. The zero-order valence-corrected chi connectivity index (χ0v) is 28.7. The van der Waals surface area contributed by atoms with Crippen LogP contribution in [-0.4, -0.2) is 42.5 Å². The summed E-state index contributed by atoms with van der Waals surface area (Å²) >= 11 is 17.3. The van der Waals surface area contributed by atoms with E-state index in [1.54, 1.807) is 28.1 Å². The zero-order valence-electron chi connectivity index (χ0n) is 26.4. The lowest BCUT2D eigenvalue weighted by Crippen LogP contribution is -2.19. The number of carbonyl (C=O) groups is 3. The van der Waals surface area contributed by atoms with Crippen LogP contribution < -0.4 is 18.9 Å². The molecular weight excluding hydrogens is 679 g/mol. The number of carbonyl (C=O) groups excluding carboxylic acids is 3. The molecule has 11 heteroatoms. The minimum absolute atomic E-state index is 0.0455. The lowest BCUT2D eigenvalue weighted by atomic mass is 9.97. The van der Waals surface area contributed by atoms with E-state index in [9.17, 15) is 14.4 Å². The third-order valence-corrected chi connectivity index (χ3v) is 8.10. The molecular formula is C37H31Cl3O8. The molecule has 5 rings (SSSR count). The molecule has 8 nitrogen and oxygen atoms in total. The lowest BCUT2D eigenvalue weighted by Gasteiger charge is -2.16. The maximum Gasteiger partial charge on any atom is 0.338 e. The van der Waals surface area contributed by atoms with Gasteiger partial charge in [0, 0.05) is 6.07 Å². The second-order valence-electron chi connectivity index (χ2n) is 11.1. The van der Waals surface area contributed by atoms with E-state index in [1.165, 1.54) is 18.2 Å². The van der Waals surface area contributed by atoms with Gasteiger partial charge in [-0.15, -0.1) is 0 Å². The largest absolute Gasteiger partial charge is 0.497 e. The molecule has 248 valence electrons. The molecule has 48 heavy (non-hydrogen) atoms. The van der Waals surface area contributed by atoms with Crippen molar-refractivity contribution in [2.45, 2.75) is 29.5 Å². The normalized spacial score (nSPS) is 12.6. The molecule has 0 fully saturated rings. The first-order valence-corrected chi connectivity index (χ1v) is 15.9. The van der Waals surface area contributed by atoms with Crippen LogP contribution in [0.25, 0.3) is 21.5 Å². The van der Waals surface area contributed by atoms with E-state index in [-0.39, 0.29) is 17.1 Å². The van der Waals surface area contributed by atoms with Crippen LogP contribution in [0.1, 0.15) is 47.2 Å². The number of alkyl halides is 3. The Morgan fingerprint density at radius 1 is 0.583 bits per heavy atom. The summed E-state index contributed by atoms with van der Waals surface area (Å²) < 4.78 is 25.3. The van der Waals surface area contributed by atoms with Gasteiger partial charge in [0.2, 0.25) is 3.79 Å². The van der Waals surface area contributed by atoms with Gasteiger partial charge in [-0.2, -0.15) is 0 Å². The van der Waals surface area contributed by atoms with Crippen molar-refractivity contribution in [3.63, 3.8) is 0 Å². The van der Waals surface area contributed by atoms with Crippen LogP contribution in [0.2, 0.25) is 0 Å². The quantitative estimate of drug-likeness (QED) is 0.0806. The maximum atomic E-state index is 13.3. The summed E-state index contributed by atoms with van der Waals surface area (Å²) in [6, 6.07) is 26.4. The van der Waals surface area contributed by atoms with Crippen molar-refractivity contribution < 1.29 is 38.1 Å². The topological polar surface area (TPSA) is 97.4 Å². The number of halogens is 3. The fourth-order valence-corrected chi connectivity index (χ4v) is 5.16. The SMILES string of the molecule is COc1ccc2cc([C@H](C)C(=O)Oc3cc(OC(=O)[C@@H](C)c4ccc5cc(OC)ccc5c4)cc(C(=O)OCC(Cl)(Cl)Cl)c3)ccc2c1. The first-order valence-electron chi connectivity index (χ1n) is 14.8. The number of esters is 3. The Bertz CT molecular complexity index is 1880. The van der Waals surface area contributed by atoms with Crippen LogP contribution in [0.3, 0.4) is 0 Å². The van der Waals surface area contributed by atoms with Gasteiger partial charge in [0.15, 0.2) is 0 Å². The second kappa shape index (κ2) is 14.7. The predicted octanol–water partition coefficient (Wildman–Crippen LogP) is 8.96. The van der Waals surface area contributed by atoms with Crippen molar-refractivity contribution in [1.82, 2.24) is 0 Å². The maximum absolute atomic E-state index is 13.3. The average molecular weight is 710 g/mol. The zero-order chi connectivity index (χ0) is 34.6. The van der Waals surface area contributed by atoms with Gasteiger partial charge in [-0.1, -0.05) is 83.3 Å². The smallest absolute Gasteiger partial charge is 0.338 e. The Kier molecular flexibility index (Phi) is 10.7.